The van der Waals surface area contributed by atoms with E-state index in [9.17, 15) is 27.6 Å². The summed E-state index contributed by atoms with van der Waals surface area (Å²) < 4.78 is 30.9. The lowest BCUT2D eigenvalue weighted by atomic mass is 10.2. The minimum Gasteiger partial charge on any atom is -0.326 e. The Bertz CT molecular complexity index is 831. The summed E-state index contributed by atoms with van der Waals surface area (Å²) in [6.07, 6.45) is -0.537. The number of imide groups is 1. The van der Waals surface area contributed by atoms with Crippen LogP contribution in [0.4, 0.5) is 5.69 Å². The summed E-state index contributed by atoms with van der Waals surface area (Å²) >= 11 is 0. The lowest BCUT2D eigenvalue weighted by molar-refractivity contribution is -0.172. The fraction of sp³-hybridized carbons (Fsp3) is 0.286. The monoisotopic (exact) mass is 370 g/mol. The Morgan fingerprint density at radius 3 is 2.36 bits per heavy atom. The maximum Gasteiger partial charge on any atom is 0.363 e. The summed E-state index contributed by atoms with van der Waals surface area (Å²) in [6, 6.07) is 5.41. The smallest absolute Gasteiger partial charge is 0.326 e. The first-order chi connectivity index (χ1) is 11.6. The minimum atomic E-state index is -4.78. The average molecular weight is 370 g/mol. The molecule has 0 spiro atoms. The van der Waals surface area contributed by atoms with E-state index >= 15 is 0 Å². The zero-order valence-electron chi connectivity index (χ0n) is 13.0. The molecule has 0 radical (unpaired) electrons. The molecule has 10 nitrogen and oxygen atoms in total. The van der Waals surface area contributed by atoms with Gasteiger partial charge in [0.1, 0.15) is 0 Å². The van der Waals surface area contributed by atoms with Crippen molar-refractivity contribution in [1.29, 1.82) is 0 Å². The van der Waals surface area contributed by atoms with Crippen molar-refractivity contribution in [3.05, 3.63) is 29.8 Å². The van der Waals surface area contributed by atoms with Gasteiger partial charge in [-0.15, -0.1) is 5.06 Å². The second-order valence-corrected chi connectivity index (χ2v) is 6.69. The van der Waals surface area contributed by atoms with Crippen molar-refractivity contribution in [3.8, 4) is 0 Å². The van der Waals surface area contributed by atoms with Crippen LogP contribution in [0.2, 0.25) is 0 Å². The fourth-order valence-corrected chi connectivity index (χ4v) is 2.69. The van der Waals surface area contributed by atoms with Crippen LogP contribution in [0.3, 0.4) is 0 Å². The number of nitrogens with zero attached hydrogens (tertiary/aromatic N) is 1. The molecule has 0 bridgehead atoms. The van der Waals surface area contributed by atoms with Gasteiger partial charge in [0.05, 0.1) is 12.0 Å². The molecule has 1 unspecified atom stereocenters. The molecule has 3 amide bonds. The molecular weight excluding hydrogens is 356 g/mol. The highest BCUT2D eigenvalue weighted by Gasteiger charge is 2.48. The molecule has 1 heterocycles. The predicted octanol–water partition coefficient (Wildman–Crippen LogP) is 0.122. The molecule has 0 saturated carbocycles. The number of hydrogen-bond acceptors (Lipinski definition) is 7. The zero-order valence-corrected chi connectivity index (χ0v) is 13.8. The van der Waals surface area contributed by atoms with Crippen LogP contribution in [0, 0.1) is 0 Å². The van der Waals surface area contributed by atoms with Crippen molar-refractivity contribution >= 4 is 39.5 Å². The molecule has 11 heteroatoms. The Morgan fingerprint density at radius 1 is 1.28 bits per heavy atom. The number of carbonyl (C=O) groups is 4. The van der Waals surface area contributed by atoms with Gasteiger partial charge in [-0.1, -0.05) is 6.92 Å². The molecule has 1 saturated heterocycles. The number of carbonyl (C=O) groups excluding carboxylic acids is 4. The van der Waals surface area contributed by atoms with E-state index in [0.29, 0.717) is 5.69 Å². The van der Waals surface area contributed by atoms with E-state index in [1.54, 1.807) is 6.92 Å². The molecule has 25 heavy (non-hydrogen) atoms. The van der Waals surface area contributed by atoms with Gasteiger partial charge >= 0.3 is 5.97 Å². The first kappa shape index (κ1) is 18.5. The van der Waals surface area contributed by atoms with Crippen LogP contribution in [0.5, 0.6) is 0 Å². The van der Waals surface area contributed by atoms with Crippen LogP contribution >= 0.6 is 0 Å². The van der Waals surface area contributed by atoms with Crippen molar-refractivity contribution in [1.82, 2.24) is 5.06 Å². The fourth-order valence-electron chi connectivity index (χ4n) is 1.99. The number of rotatable bonds is 5. The Hall–Kier alpha value is -2.79. The summed E-state index contributed by atoms with van der Waals surface area (Å²) in [4.78, 5) is 51.3. The SMILES string of the molecule is CCC(=O)Nc1ccc(C(=O)ON2C(=O)CC(S(=O)(=O)O)C2=O)cc1. The molecule has 1 fully saturated rings. The summed E-state index contributed by atoms with van der Waals surface area (Å²) in [6.45, 7) is 1.67. The standard InChI is InChI=1S/C14H14N2O8S/c1-2-11(17)15-9-5-3-8(4-6-9)14(20)24-16-12(18)7-10(13(16)19)25(21,22)23/h3-6,10H,2,7H2,1H3,(H,15,17)(H,21,22,23). The minimum absolute atomic E-state index is 0.0214. The van der Waals surface area contributed by atoms with Gasteiger partial charge < -0.3 is 10.2 Å². The lowest BCUT2D eigenvalue weighted by Crippen LogP contribution is -2.36. The van der Waals surface area contributed by atoms with Gasteiger partial charge in [-0.05, 0) is 24.3 Å². The molecule has 134 valence electrons. The van der Waals surface area contributed by atoms with Gasteiger partial charge in [0, 0.05) is 12.1 Å². The molecule has 2 N–H and O–H groups in total. The van der Waals surface area contributed by atoms with Gasteiger partial charge in [0.25, 0.3) is 21.9 Å². The average Bonchev–Trinajstić information content (AvgIpc) is 2.83. The largest absolute Gasteiger partial charge is 0.363 e. The van der Waals surface area contributed by atoms with Crippen LogP contribution < -0.4 is 5.32 Å². The normalized spacial score (nSPS) is 17.5. The number of benzene rings is 1. The third-order valence-electron chi connectivity index (χ3n) is 3.32. The molecule has 2 rings (SSSR count). The van der Waals surface area contributed by atoms with Crippen molar-refractivity contribution in [2.24, 2.45) is 0 Å². The molecule has 1 aliphatic rings. The second kappa shape index (κ2) is 6.99. The highest BCUT2D eigenvalue weighted by Crippen LogP contribution is 2.21. The van der Waals surface area contributed by atoms with E-state index < -0.39 is 39.6 Å². The molecule has 1 aliphatic heterocycles. The van der Waals surface area contributed by atoms with Crippen LogP contribution in [-0.4, -0.2) is 47.0 Å². The van der Waals surface area contributed by atoms with Crippen molar-refractivity contribution in [3.63, 3.8) is 0 Å². The van der Waals surface area contributed by atoms with Crippen molar-refractivity contribution < 1.29 is 37.0 Å². The van der Waals surface area contributed by atoms with Crippen LogP contribution in [0.15, 0.2) is 24.3 Å². The number of amides is 3. The van der Waals surface area contributed by atoms with E-state index in [2.05, 4.69) is 10.2 Å². The molecule has 0 aromatic heterocycles. The first-order valence-electron chi connectivity index (χ1n) is 7.08. The van der Waals surface area contributed by atoms with Crippen molar-refractivity contribution in [2.75, 3.05) is 5.32 Å². The molecule has 1 aromatic carbocycles. The Balaban J connectivity index is 2.08. The van der Waals surface area contributed by atoms with Crippen LogP contribution in [0.1, 0.15) is 30.1 Å². The first-order valence-corrected chi connectivity index (χ1v) is 8.59. The molecule has 1 aromatic rings. The lowest BCUT2D eigenvalue weighted by Gasteiger charge is -2.13. The van der Waals surface area contributed by atoms with E-state index in [1.807, 2.05) is 0 Å². The van der Waals surface area contributed by atoms with Gasteiger partial charge in [-0.25, -0.2) is 4.79 Å². The van der Waals surface area contributed by atoms with E-state index in [1.165, 1.54) is 24.3 Å². The quantitative estimate of drug-likeness (QED) is 0.549. The van der Waals surface area contributed by atoms with Crippen molar-refractivity contribution in [2.45, 2.75) is 25.0 Å². The Kier molecular flexibility index (Phi) is 5.18. The Labute approximate surface area is 142 Å². The second-order valence-electron chi connectivity index (χ2n) is 5.09. The molecule has 0 aliphatic carbocycles. The van der Waals surface area contributed by atoms with E-state index in [4.69, 9.17) is 4.55 Å². The summed E-state index contributed by atoms with van der Waals surface area (Å²) in [7, 11) is -4.78. The molecule has 1 atom stereocenters. The number of hydrogen-bond donors (Lipinski definition) is 2. The summed E-state index contributed by atoms with van der Waals surface area (Å²) in [5.74, 6) is -3.70. The third-order valence-corrected chi connectivity index (χ3v) is 4.41. The molecular formula is C14H14N2O8S. The number of anilines is 1. The highest BCUT2D eigenvalue weighted by molar-refractivity contribution is 7.87. The predicted molar refractivity (Wildman–Crippen MR) is 82.6 cm³/mol. The van der Waals surface area contributed by atoms with E-state index in [-0.39, 0.29) is 23.0 Å². The third kappa shape index (κ3) is 4.19. The highest BCUT2D eigenvalue weighted by atomic mass is 32.2. The van der Waals surface area contributed by atoms with Crippen LogP contribution in [0.25, 0.3) is 0 Å². The summed E-state index contributed by atoms with van der Waals surface area (Å²) in [5, 5.41) is 0.598. The topological polar surface area (TPSA) is 147 Å². The maximum absolute atomic E-state index is 12.0. The van der Waals surface area contributed by atoms with E-state index in [0.717, 1.165) is 0 Å². The maximum atomic E-state index is 12.0. The number of nitrogens with one attached hydrogen (secondary N) is 1. The summed E-state index contributed by atoms with van der Waals surface area (Å²) in [5.41, 5.74) is 0.397. The zero-order chi connectivity index (χ0) is 18.8. The number of hydroxylamine groups is 2. The van der Waals surface area contributed by atoms with Crippen LogP contribution in [-0.2, 0) is 29.3 Å². The Morgan fingerprint density at radius 2 is 1.88 bits per heavy atom. The van der Waals surface area contributed by atoms with Gasteiger partial charge in [0.15, 0.2) is 5.25 Å². The van der Waals surface area contributed by atoms with Gasteiger partial charge in [0.2, 0.25) is 5.91 Å². The van der Waals surface area contributed by atoms with Gasteiger partial charge in [-0.2, -0.15) is 8.42 Å². The van der Waals surface area contributed by atoms with Gasteiger partial charge in [-0.3, -0.25) is 18.9 Å².